The largest absolute Gasteiger partial charge is 0.497 e. The Morgan fingerprint density at radius 3 is 0.902 bits per heavy atom. The standard InChI is InChI=1S/2C16H16O2S2.Ni/c2*1-17-13-7-3-11(4-8-13)15(19)16(20)12-5-9-14(18-2)10-6-12;/h2*3-10,15,19H,1-2H3;. The number of methoxy groups -OCH3 is 4. The molecular formula is C32H32NiO4S4. The van der Waals surface area contributed by atoms with E-state index in [9.17, 15) is 0 Å². The number of hydrogen-bond donors (Lipinski definition) is 2. The Kier molecular flexibility index (Phi) is 14.7. The van der Waals surface area contributed by atoms with Gasteiger partial charge in [-0.25, -0.2) is 0 Å². The van der Waals surface area contributed by atoms with Gasteiger partial charge in [0.05, 0.1) is 38.9 Å². The van der Waals surface area contributed by atoms with Crippen LogP contribution in [0.25, 0.3) is 0 Å². The quantitative estimate of drug-likeness (QED) is 0.0770. The molecule has 2 atom stereocenters. The molecule has 2 unspecified atom stereocenters. The smallest absolute Gasteiger partial charge is 0.118 e. The summed E-state index contributed by atoms with van der Waals surface area (Å²) in [6.07, 6.45) is 0. The van der Waals surface area contributed by atoms with Gasteiger partial charge in [0.1, 0.15) is 23.0 Å². The maximum atomic E-state index is 5.52. The maximum Gasteiger partial charge on any atom is 0.118 e. The molecule has 0 saturated heterocycles. The van der Waals surface area contributed by atoms with Crippen molar-refractivity contribution in [1.29, 1.82) is 0 Å². The molecule has 218 valence electrons. The summed E-state index contributed by atoms with van der Waals surface area (Å²) in [5.74, 6) is 3.28. The Bertz CT molecular complexity index is 1270. The summed E-state index contributed by atoms with van der Waals surface area (Å²) in [6.45, 7) is 0. The molecule has 0 amide bonds. The van der Waals surface area contributed by atoms with Crippen molar-refractivity contribution in [2.75, 3.05) is 28.4 Å². The Morgan fingerprint density at radius 2 is 0.683 bits per heavy atom. The fraction of sp³-hybridized carbons (Fsp3) is 0.188. The molecule has 0 aliphatic rings. The van der Waals surface area contributed by atoms with Crippen molar-refractivity contribution in [3.8, 4) is 23.0 Å². The molecule has 9 heteroatoms. The van der Waals surface area contributed by atoms with E-state index >= 15 is 0 Å². The van der Waals surface area contributed by atoms with E-state index in [0.717, 1.165) is 55.0 Å². The van der Waals surface area contributed by atoms with E-state index in [1.807, 2.05) is 97.1 Å². The van der Waals surface area contributed by atoms with Gasteiger partial charge in [-0.15, -0.1) is 0 Å². The molecule has 0 aliphatic heterocycles. The Balaban J connectivity index is 0.000000280. The van der Waals surface area contributed by atoms with E-state index in [1.165, 1.54) is 0 Å². The van der Waals surface area contributed by atoms with Crippen molar-refractivity contribution in [2.45, 2.75) is 10.5 Å². The number of benzene rings is 4. The summed E-state index contributed by atoms with van der Waals surface area (Å²) in [5.41, 5.74) is 4.07. The van der Waals surface area contributed by atoms with Crippen molar-refractivity contribution in [3.05, 3.63) is 119 Å². The van der Waals surface area contributed by atoms with E-state index in [1.54, 1.807) is 28.4 Å². The molecule has 0 aromatic heterocycles. The first-order valence-corrected chi connectivity index (χ1v) is 14.2. The van der Waals surface area contributed by atoms with E-state index < -0.39 is 0 Å². The van der Waals surface area contributed by atoms with Gasteiger partial charge in [-0.05, 0) is 70.8 Å². The maximum absolute atomic E-state index is 5.52. The van der Waals surface area contributed by atoms with Crippen LogP contribution in [0.3, 0.4) is 0 Å². The molecule has 41 heavy (non-hydrogen) atoms. The zero-order chi connectivity index (χ0) is 29.1. The van der Waals surface area contributed by atoms with Crippen LogP contribution >= 0.6 is 49.7 Å². The summed E-state index contributed by atoms with van der Waals surface area (Å²) in [7, 11) is 6.59. The van der Waals surface area contributed by atoms with Gasteiger partial charge in [0, 0.05) is 26.2 Å². The van der Waals surface area contributed by atoms with E-state index in [0.29, 0.717) is 0 Å². The number of hydrogen-bond acceptors (Lipinski definition) is 8. The van der Waals surface area contributed by atoms with Crippen LogP contribution in [0.5, 0.6) is 23.0 Å². The summed E-state index contributed by atoms with van der Waals surface area (Å²) < 4.78 is 20.6. The van der Waals surface area contributed by atoms with Crippen molar-refractivity contribution < 1.29 is 35.4 Å². The van der Waals surface area contributed by atoms with E-state index in [4.69, 9.17) is 43.4 Å². The summed E-state index contributed by atoms with van der Waals surface area (Å²) >= 11 is 20.3. The Morgan fingerprint density at radius 1 is 0.463 bits per heavy atom. The van der Waals surface area contributed by atoms with Gasteiger partial charge < -0.3 is 18.9 Å². The molecule has 4 nitrogen and oxygen atoms in total. The Hall–Kier alpha value is -2.55. The molecule has 0 N–H and O–H groups in total. The van der Waals surface area contributed by atoms with Crippen LogP contribution in [0.4, 0.5) is 0 Å². The molecule has 0 spiro atoms. The fourth-order valence-electron chi connectivity index (χ4n) is 3.70. The van der Waals surface area contributed by atoms with Gasteiger partial charge in [0.15, 0.2) is 0 Å². The topological polar surface area (TPSA) is 36.9 Å². The first-order chi connectivity index (χ1) is 19.3. The van der Waals surface area contributed by atoms with Gasteiger partial charge >= 0.3 is 0 Å². The van der Waals surface area contributed by atoms with Crippen molar-refractivity contribution in [2.24, 2.45) is 0 Å². The van der Waals surface area contributed by atoms with E-state index in [2.05, 4.69) is 25.3 Å². The van der Waals surface area contributed by atoms with Gasteiger partial charge in [-0.2, -0.15) is 25.3 Å². The predicted molar refractivity (Wildman–Crippen MR) is 179 cm³/mol. The molecular weight excluding hydrogens is 635 g/mol. The second-order valence-electron chi connectivity index (χ2n) is 8.54. The number of rotatable bonds is 10. The third-order valence-corrected chi connectivity index (χ3v) is 8.51. The van der Waals surface area contributed by atoms with Crippen LogP contribution in [-0.2, 0) is 16.5 Å². The third-order valence-electron chi connectivity index (χ3n) is 6.11. The van der Waals surface area contributed by atoms with Gasteiger partial charge in [0.25, 0.3) is 0 Å². The minimum absolute atomic E-state index is 0. The van der Waals surface area contributed by atoms with Gasteiger partial charge in [-0.3, -0.25) is 0 Å². The van der Waals surface area contributed by atoms with Crippen LogP contribution < -0.4 is 18.9 Å². The van der Waals surface area contributed by atoms with Crippen molar-refractivity contribution in [3.63, 3.8) is 0 Å². The minimum Gasteiger partial charge on any atom is -0.497 e. The molecule has 4 rings (SSSR count). The minimum atomic E-state index is -0.121. The summed E-state index contributed by atoms with van der Waals surface area (Å²) in [5, 5.41) is -0.242. The molecule has 0 bridgehead atoms. The van der Waals surface area contributed by atoms with Crippen LogP contribution in [0, 0.1) is 0 Å². The molecule has 0 heterocycles. The van der Waals surface area contributed by atoms with Gasteiger partial charge in [0.2, 0.25) is 0 Å². The second-order valence-corrected chi connectivity index (χ2v) is 10.4. The fourth-order valence-corrected chi connectivity index (χ4v) is 4.89. The molecule has 0 radical (unpaired) electrons. The first kappa shape index (κ1) is 34.7. The van der Waals surface area contributed by atoms with E-state index in [-0.39, 0.29) is 27.0 Å². The third kappa shape index (κ3) is 9.76. The molecule has 4 aromatic carbocycles. The molecule has 0 fully saturated rings. The Labute approximate surface area is 274 Å². The average Bonchev–Trinajstić information content (AvgIpc) is 3.03. The van der Waals surface area contributed by atoms with Gasteiger partial charge in [-0.1, -0.05) is 73.0 Å². The zero-order valence-electron chi connectivity index (χ0n) is 23.1. The number of thiocarbonyl (C=S) groups is 2. The number of ether oxygens (including phenoxy) is 4. The van der Waals surface area contributed by atoms with Crippen LogP contribution in [-0.4, -0.2) is 38.2 Å². The monoisotopic (exact) mass is 666 g/mol. The normalized spacial score (nSPS) is 11.5. The van der Waals surface area contributed by atoms with Crippen molar-refractivity contribution in [1.82, 2.24) is 0 Å². The summed E-state index contributed by atoms with van der Waals surface area (Å²) in [6, 6.07) is 31.0. The zero-order valence-corrected chi connectivity index (χ0v) is 27.5. The second kappa shape index (κ2) is 17.4. The first-order valence-electron chi connectivity index (χ1n) is 12.3. The van der Waals surface area contributed by atoms with Crippen LogP contribution in [0.15, 0.2) is 97.1 Å². The SMILES string of the molecule is COc1ccc(C(=S)C(S)c2ccc(OC)cc2)cc1.COc1ccc(C(=S)C(S)c2ccc(OC)cc2)cc1.[Ni]. The molecule has 4 aromatic rings. The van der Waals surface area contributed by atoms with Crippen molar-refractivity contribution >= 4 is 59.4 Å². The van der Waals surface area contributed by atoms with Crippen LogP contribution in [0.2, 0.25) is 0 Å². The summed E-state index contributed by atoms with van der Waals surface area (Å²) in [4.78, 5) is 1.59. The predicted octanol–water partition coefficient (Wildman–Crippen LogP) is 8.18. The van der Waals surface area contributed by atoms with Crippen LogP contribution in [0.1, 0.15) is 32.8 Å². The average molecular weight is 668 g/mol. The molecule has 0 saturated carbocycles. The number of thiol groups is 2. The molecule has 0 aliphatic carbocycles.